The third kappa shape index (κ3) is 2.84. The van der Waals surface area contributed by atoms with Crippen LogP contribution in [0.4, 0.5) is 5.69 Å². The van der Waals surface area contributed by atoms with E-state index in [1.54, 1.807) is 0 Å². The van der Waals surface area contributed by atoms with Crippen molar-refractivity contribution in [3.8, 4) is 0 Å². The normalized spacial score (nSPS) is 17.9. The summed E-state index contributed by atoms with van der Waals surface area (Å²) >= 11 is 5.10. The van der Waals surface area contributed by atoms with Crippen LogP contribution in [0, 0.1) is 0 Å². The maximum atomic E-state index is 5.75. The molecule has 1 aliphatic heterocycles. The smallest absolute Gasteiger partial charge is 0.0899 e. The third-order valence-corrected chi connectivity index (χ3v) is 4.58. The van der Waals surface area contributed by atoms with E-state index < -0.39 is 0 Å². The van der Waals surface area contributed by atoms with Gasteiger partial charge in [0.15, 0.2) is 0 Å². The van der Waals surface area contributed by atoms with Crippen molar-refractivity contribution < 1.29 is 0 Å². The largest absolute Gasteiger partial charge is 0.392 e. The van der Waals surface area contributed by atoms with Crippen molar-refractivity contribution in [1.29, 1.82) is 0 Å². The molecule has 3 rings (SSSR count). The molecule has 1 aromatic heterocycles. The van der Waals surface area contributed by atoms with Crippen molar-refractivity contribution in [2.75, 3.05) is 31.1 Å². The van der Waals surface area contributed by atoms with Crippen molar-refractivity contribution in [1.82, 2.24) is 9.88 Å². The fourth-order valence-corrected chi connectivity index (χ4v) is 3.04. The lowest BCUT2D eigenvalue weighted by atomic mass is 10.1. The summed E-state index contributed by atoms with van der Waals surface area (Å²) in [7, 11) is 0. The third-order valence-electron chi connectivity index (χ3n) is 4.24. The number of nitrogens with two attached hydrogens (primary N) is 1. The summed E-state index contributed by atoms with van der Waals surface area (Å²) < 4.78 is 0. The van der Waals surface area contributed by atoms with Crippen LogP contribution < -0.4 is 10.6 Å². The first-order chi connectivity index (χ1) is 10.2. The van der Waals surface area contributed by atoms with Crippen molar-refractivity contribution >= 4 is 33.8 Å². The summed E-state index contributed by atoms with van der Waals surface area (Å²) in [6, 6.07) is 10.6. The second-order valence-electron chi connectivity index (χ2n) is 5.45. The minimum atomic E-state index is 0.177. The number of hydrogen-bond donors (Lipinski definition) is 1. The van der Waals surface area contributed by atoms with E-state index in [1.807, 2.05) is 12.3 Å². The van der Waals surface area contributed by atoms with Gasteiger partial charge in [0.1, 0.15) is 0 Å². The lowest BCUT2D eigenvalue weighted by molar-refractivity contribution is 0.239. The topological polar surface area (TPSA) is 45.4 Å². The fraction of sp³-hybridized carbons (Fsp3) is 0.375. The first-order valence-electron chi connectivity index (χ1n) is 7.29. The Morgan fingerprint density at radius 1 is 1.19 bits per heavy atom. The summed E-state index contributed by atoms with van der Waals surface area (Å²) in [6.07, 6.45) is 1.89. The monoisotopic (exact) mass is 300 g/mol. The van der Waals surface area contributed by atoms with Gasteiger partial charge in [0.05, 0.1) is 16.5 Å². The molecule has 0 spiro atoms. The zero-order chi connectivity index (χ0) is 14.8. The molecular weight excluding hydrogens is 280 g/mol. The van der Waals surface area contributed by atoms with Crippen LogP contribution in [0.1, 0.15) is 6.92 Å². The van der Waals surface area contributed by atoms with Gasteiger partial charge in [-0.3, -0.25) is 9.88 Å². The molecule has 5 heteroatoms. The van der Waals surface area contributed by atoms with Crippen molar-refractivity contribution in [3.05, 3.63) is 36.5 Å². The number of piperazine rings is 1. The fourth-order valence-electron chi connectivity index (χ4n) is 2.89. The molecule has 0 saturated carbocycles. The summed E-state index contributed by atoms with van der Waals surface area (Å²) in [5.41, 5.74) is 8.07. The Bertz CT molecular complexity index is 644. The molecule has 2 aromatic rings. The van der Waals surface area contributed by atoms with Crippen LogP contribution in [0.2, 0.25) is 0 Å². The Morgan fingerprint density at radius 3 is 2.62 bits per heavy atom. The Morgan fingerprint density at radius 2 is 1.90 bits per heavy atom. The molecule has 1 saturated heterocycles. The standard InChI is InChI=1S/C16H20N4S/c1-12(16(17)21)19-8-10-20(11-9-19)15-6-7-18-14-5-3-2-4-13(14)15/h2-7,12H,8-11H2,1H3,(H2,17,21). The number of aromatic nitrogens is 1. The lowest BCUT2D eigenvalue weighted by Crippen LogP contribution is -2.52. The number of anilines is 1. The van der Waals surface area contributed by atoms with Crippen molar-refractivity contribution in [3.63, 3.8) is 0 Å². The highest BCUT2D eigenvalue weighted by molar-refractivity contribution is 7.80. The molecule has 0 bridgehead atoms. The van der Waals surface area contributed by atoms with Crippen LogP contribution in [0.25, 0.3) is 10.9 Å². The van der Waals surface area contributed by atoms with Gasteiger partial charge < -0.3 is 10.6 Å². The molecule has 2 N–H and O–H groups in total. The second-order valence-corrected chi connectivity index (χ2v) is 5.92. The molecule has 110 valence electrons. The van der Waals surface area contributed by atoms with Crippen LogP contribution >= 0.6 is 12.2 Å². The van der Waals surface area contributed by atoms with Crippen LogP contribution in [0.3, 0.4) is 0 Å². The number of para-hydroxylation sites is 1. The van der Waals surface area contributed by atoms with Gasteiger partial charge in [-0.25, -0.2) is 0 Å². The van der Waals surface area contributed by atoms with Crippen LogP contribution in [-0.2, 0) is 0 Å². The number of thiocarbonyl (C=S) groups is 1. The Kier molecular flexibility index (Phi) is 4.03. The average Bonchev–Trinajstić information content (AvgIpc) is 2.53. The maximum absolute atomic E-state index is 5.75. The first-order valence-corrected chi connectivity index (χ1v) is 7.69. The van der Waals surface area contributed by atoms with Crippen LogP contribution in [0.15, 0.2) is 36.5 Å². The van der Waals surface area contributed by atoms with Gasteiger partial charge >= 0.3 is 0 Å². The Hall–Kier alpha value is -1.72. The predicted molar refractivity (Wildman–Crippen MR) is 91.8 cm³/mol. The number of pyridine rings is 1. The van der Waals surface area contributed by atoms with Crippen LogP contribution in [-0.4, -0.2) is 47.1 Å². The van der Waals surface area contributed by atoms with Crippen molar-refractivity contribution in [2.45, 2.75) is 13.0 Å². The summed E-state index contributed by atoms with van der Waals surface area (Å²) in [5, 5.41) is 1.22. The van der Waals surface area contributed by atoms with E-state index in [2.05, 4.69) is 46.0 Å². The highest BCUT2D eigenvalue weighted by Gasteiger charge is 2.23. The molecule has 0 aliphatic carbocycles. The molecule has 2 heterocycles. The highest BCUT2D eigenvalue weighted by Crippen LogP contribution is 2.26. The quantitative estimate of drug-likeness (QED) is 0.879. The van der Waals surface area contributed by atoms with Gasteiger partial charge in [0.2, 0.25) is 0 Å². The number of hydrogen-bond acceptors (Lipinski definition) is 4. The van der Waals surface area contributed by atoms with E-state index >= 15 is 0 Å². The zero-order valence-electron chi connectivity index (χ0n) is 12.2. The van der Waals surface area contributed by atoms with E-state index in [1.165, 1.54) is 11.1 Å². The molecular formula is C16H20N4S. The zero-order valence-corrected chi connectivity index (χ0v) is 13.0. The SMILES string of the molecule is CC(C(N)=S)N1CCN(c2ccnc3ccccc23)CC1. The van der Waals surface area contributed by atoms with Gasteiger partial charge in [0, 0.05) is 43.4 Å². The van der Waals surface area contributed by atoms with E-state index in [-0.39, 0.29) is 6.04 Å². The minimum Gasteiger partial charge on any atom is -0.392 e. The predicted octanol–water partition coefficient (Wildman–Crippen LogP) is 2.03. The van der Waals surface area contributed by atoms with Crippen molar-refractivity contribution in [2.24, 2.45) is 5.73 Å². The number of benzene rings is 1. The molecule has 1 aromatic carbocycles. The maximum Gasteiger partial charge on any atom is 0.0899 e. The lowest BCUT2D eigenvalue weighted by Gasteiger charge is -2.39. The second kappa shape index (κ2) is 5.95. The number of nitrogens with zero attached hydrogens (tertiary/aromatic N) is 3. The first kappa shape index (κ1) is 14.2. The van der Waals surface area contributed by atoms with Gasteiger partial charge in [-0.05, 0) is 19.1 Å². The molecule has 1 atom stereocenters. The summed E-state index contributed by atoms with van der Waals surface area (Å²) in [5.74, 6) is 0. The highest BCUT2D eigenvalue weighted by atomic mass is 32.1. The van der Waals surface area contributed by atoms with Gasteiger partial charge in [-0.2, -0.15) is 0 Å². The van der Waals surface area contributed by atoms with E-state index in [0.29, 0.717) is 4.99 Å². The molecule has 0 radical (unpaired) electrons. The molecule has 21 heavy (non-hydrogen) atoms. The van der Waals surface area contributed by atoms with Crippen LogP contribution in [0.5, 0.6) is 0 Å². The van der Waals surface area contributed by atoms with Gasteiger partial charge in [-0.1, -0.05) is 30.4 Å². The number of rotatable bonds is 3. The Balaban J connectivity index is 1.79. The summed E-state index contributed by atoms with van der Waals surface area (Å²) in [6.45, 7) is 6.02. The minimum absolute atomic E-state index is 0.177. The Labute approximate surface area is 130 Å². The van der Waals surface area contributed by atoms with E-state index in [9.17, 15) is 0 Å². The molecule has 4 nitrogen and oxygen atoms in total. The van der Waals surface area contributed by atoms with E-state index in [4.69, 9.17) is 18.0 Å². The average molecular weight is 300 g/mol. The van der Waals surface area contributed by atoms with Gasteiger partial charge in [-0.15, -0.1) is 0 Å². The molecule has 0 amide bonds. The van der Waals surface area contributed by atoms with Gasteiger partial charge in [0.25, 0.3) is 0 Å². The molecule has 1 unspecified atom stereocenters. The summed E-state index contributed by atoms with van der Waals surface area (Å²) in [4.78, 5) is 9.79. The number of fused-ring (bicyclic) bond motifs is 1. The van der Waals surface area contributed by atoms with E-state index in [0.717, 1.165) is 31.7 Å². The molecule has 1 fully saturated rings. The molecule has 1 aliphatic rings.